The maximum atomic E-state index is 12.9. The van der Waals surface area contributed by atoms with Crippen molar-refractivity contribution in [3.8, 4) is 11.4 Å². The van der Waals surface area contributed by atoms with Gasteiger partial charge in [-0.2, -0.15) is 9.29 Å². The van der Waals surface area contributed by atoms with Crippen LogP contribution in [0.4, 0.5) is 0 Å². The van der Waals surface area contributed by atoms with E-state index in [1.807, 2.05) is 56.3 Å². The smallest absolute Gasteiger partial charge is 0.244 e. The fraction of sp³-hybridized carbons (Fsp3) is 0.333. The summed E-state index contributed by atoms with van der Waals surface area (Å²) in [5.41, 5.74) is 1.95. The van der Waals surface area contributed by atoms with E-state index in [0.29, 0.717) is 42.8 Å². The number of nitrogens with zero attached hydrogens (tertiary/aromatic N) is 4. The molecule has 4 rings (SSSR count). The Bertz CT molecular complexity index is 1060. The van der Waals surface area contributed by atoms with E-state index in [1.165, 1.54) is 0 Å². The molecule has 1 saturated heterocycles. The van der Waals surface area contributed by atoms with Crippen LogP contribution >= 0.6 is 0 Å². The van der Waals surface area contributed by atoms with Crippen LogP contribution in [0.3, 0.4) is 0 Å². The van der Waals surface area contributed by atoms with Gasteiger partial charge in [0.25, 0.3) is 0 Å². The minimum atomic E-state index is -3.47. The van der Waals surface area contributed by atoms with Crippen LogP contribution < -0.4 is 0 Å². The molecule has 1 aliphatic rings. The zero-order valence-corrected chi connectivity index (χ0v) is 17.3. The van der Waals surface area contributed by atoms with Crippen molar-refractivity contribution in [2.75, 3.05) is 26.2 Å². The van der Waals surface area contributed by atoms with Crippen LogP contribution in [0.1, 0.15) is 24.4 Å². The van der Waals surface area contributed by atoms with Gasteiger partial charge in [0.05, 0.1) is 10.9 Å². The summed E-state index contributed by atoms with van der Waals surface area (Å²) in [6.45, 7) is 6.02. The van der Waals surface area contributed by atoms with Gasteiger partial charge in [-0.1, -0.05) is 53.2 Å². The Kier molecular flexibility index (Phi) is 5.49. The Morgan fingerprint density at radius 2 is 1.62 bits per heavy atom. The molecule has 29 heavy (non-hydrogen) atoms. The van der Waals surface area contributed by atoms with Crippen LogP contribution in [0.15, 0.2) is 64.0 Å². The van der Waals surface area contributed by atoms with E-state index in [4.69, 9.17) is 4.52 Å². The first-order valence-corrected chi connectivity index (χ1v) is 11.1. The first-order valence-electron chi connectivity index (χ1n) is 9.65. The number of aryl methyl sites for hydroxylation is 1. The monoisotopic (exact) mass is 412 g/mol. The lowest BCUT2D eigenvalue weighted by molar-refractivity contribution is 0.124. The molecule has 0 spiro atoms. The van der Waals surface area contributed by atoms with Crippen LogP contribution in [-0.4, -0.2) is 53.9 Å². The zero-order chi connectivity index (χ0) is 20.4. The first kappa shape index (κ1) is 19.8. The molecule has 0 saturated carbocycles. The van der Waals surface area contributed by atoms with Gasteiger partial charge in [-0.25, -0.2) is 8.42 Å². The molecule has 1 fully saturated rings. The lowest BCUT2D eigenvalue weighted by atomic mass is 10.2. The second-order valence-electron chi connectivity index (χ2n) is 7.25. The molecular formula is C21H24N4O3S. The van der Waals surface area contributed by atoms with Gasteiger partial charge in [-0.05, 0) is 26.0 Å². The third-order valence-electron chi connectivity index (χ3n) is 5.31. The van der Waals surface area contributed by atoms with E-state index in [1.54, 1.807) is 16.4 Å². The third-order valence-corrected chi connectivity index (χ3v) is 7.22. The minimum absolute atomic E-state index is 0.0795. The van der Waals surface area contributed by atoms with Gasteiger partial charge in [0.1, 0.15) is 0 Å². The fourth-order valence-electron chi connectivity index (χ4n) is 3.46. The highest BCUT2D eigenvalue weighted by molar-refractivity contribution is 7.89. The highest BCUT2D eigenvalue weighted by Crippen LogP contribution is 2.25. The number of hydrogen-bond donors (Lipinski definition) is 0. The van der Waals surface area contributed by atoms with Gasteiger partial charge in [-0.3, -0.25) is 4.90 Å². The number of rotatable bonds is 5. The second-order valence-corrected chi connectivity index (χ2v) is 9.19. The molecule has 1 atom stereocenters. The number of aromatic nitrogens is 2. The van der Waals surface area contributed by atoms with E-state index in [2.05, 4.69) is 15.0 Å². The van der Waals surface area contributed by atoms with E-state index in [0.717, 1.165) is 11.1 Å². The number of hydrogen-bond acceptors (Lipinski definition) is 6. The van der Waals surface area contributed by atoms with Crippen molar-refractivity contribution in [1.29, 1.82) is 0 Å². The molecule has 152 valence electrons. The quantitative estimate of drug-likeness (QED) is 0.641. The number of benzene rings is 2. The molecule has 1 unspecified atom stereocenters. The molecular weight excluding hydrogens is 388 g/mol. The fourth-order valence-corrected chi connectivity index (χ4v) is 4.88. The van der Waals surface area contributed by atoms with E-state index >= 15 is 0 Å². The molecule has 0 N–H and O–H groups in total. The summed E-state index contributed by atoms with van der Waals surface area (Å²) >= 11 is 0. The van der Waals surface area contributed by atoms with Crippen LogP contribution in [0.5, 0.6) is 0 Å². The summed E-state index contributed by atoms with van der Waals surface area (Å²) in [5, 5.41) is 4.08. The van der Waals surface area contributed by atoms with Crippen molar-refractivity contribution in [2.24, 2.45) is 0 Å². The Morgan fingerprint density at radius 3 is 2.28 bits per heavy atom. The van der Waals surface area contributed by atoms with Gasteiger partial charge >= 0.3 is 0 Å². The first-order chi connectivity index (χ1) is 13.9. The molecule has 3 aromatic rings. The van der Waals surface area contributed by atoms with E-state index in [9.17, 15) is 8.42 Å². The van der Waals surface area contributed by atoms with Crippen molar-refractivity contribution < 1.29 is 12.9 Å². The lowest BCUT2D eigenvalue weighted by Crippen LogP contribution is -2.49. The highest BCUT2D eigenvalue weighted by Gasteiger charge is 2.31. The molecule has 1 aliphatic heterocycles. The van der Waals surface area contributed by atoms with Crippen molar-refractivity contribution in [3.63, 3.8) is 0 Å². The van der Waals surface area contributed by atoms with Crippen molar-refractivity contribution in [3.05, 3.63) is 66.1 Å². The standard InChI is InChI=1S/C21H24N4O3S/c1-16-8-10-19(11-9-16)29(26,27)25-14-12-24(13-15-25)17(2)21-22-20(23-28-21)18-6-4-3-5-7-18/h3-11,17H,12-15H2,1-2H3. The Hall–Kier alpha value is -2.55. The number of sulfonamides is 1. The summed E-state index contributed by atoms with van der Waals surface area (Å²) in [4.78, 5) is 7.04. The predicted molar refractivity (Wildman–Crippen MR) is 110 cm³/mol. The molecule has 1 aromatic heterocycles. The topological polar surface area (TPSA) is 79.5 Å². The molecule has 7 nitrogen and oxygen atoms in total. The number of piperazine rings is 1. The highest BCUT2D eigenvalue weighted by atomic mass is 32.2. The maximum Gasteiger partial charge on any atom is 0.244 e. The van der Waals surface area contributed by atoms with E-state index < -0.39 is 10.0 Å². The Labute approximate surface area is 171 Å². The van der Waals surface area contributed by atoms with Gasteiger partial charge in [0.15, 0.2) is 0 Å². The van der Waals surface area contributed by atoms with Crippen LogP contribution in [0.25, 0.3) is 11.4 Å². The molecule has 0 bridgehead atoms. The van der Waals surface area contributed by atoms with Gasteiger partial charge < -0.3 is 4.52 Å². The van der Waals surface area contributed by atoms with Crippen LogP contribution in [0, 0.1) is 6.92 Å². The average molecular weight is 413 g/mol. The second kappa shape index (κ2) is 8.06. The largest absolute Gasteiger partial charge is 0.337 e. The summed E-state index contributed by atoms with van der Waals surface area (Å²) < 4.78 is 32.8. The Morgan fingerprint density at radius 1 is 0.966 bits per heavy atom. The predicted octanol–water partition coefficient (Wildman–Crippen LogP) is 3.11. The average Bonchev–Trinajstić information content (AvgIpc) is 3.24. The SMILES string of the molecule is Cc1ccc(S(=O)(=O)N2CCN(C(C)c3nc(-c4ccccc4)no3)CC2)cc1. The van der Waals surface area contributed by atoms with Crippen LogP contribution in [0.2, 0.25) is 0 Å². The lowest BCUT2D eigenvalue weighted by Gasteiger charge is -2.36. The summed E-state index contributed by atoms with van der Waals surface area (Å²) in [7, 11) is -3.47. The van der Waals surface area contributed by atoms with Crippen molar-refractivity contribution >= 4 is 10.0 Å². The summed E-state index contributed by atoms with van der Waals surface area (Å²) in [6.07, 6.45) is 0. The Balaban J connectivity index is 1.42. The molecule has 2 heterocycles. The van der Waals surface area contributed by atoms with Crippen molar-refractivity contribution in [1.82, 2.24) is 19.3 Å². The molecule has 8 heteroatoms. The van der Waals surface area contributed by atoms with Gasteiger partial charge in [0.2, 0.25) is 21.7 Å². The summed E-state index contributed by atoms with van der Waals surface area (Å²) in [5.74, 6) is 1.10. The minimum Gasteiger partial charge on any atom is -0.337 e. The third kappa shape index (κ3) is 4.10. The van der Waals surface area contributed by atoms with Crippen molar-refractivity contribution in [2.45, 2.75) is 24.8 Å². The van der Waals surface area contributed by atoms with Gasteiger partial charge in [-0.15, -0.1) is 0 Å². The molecule has 0 radical (unpaired) electrons. The van der Waals surface area contributed by atoms with Gasteiger partial charge in [0, 0.05) is 31.7 Å². The normalized spacial score (nSPS) is 17.3. The molecule has 2 aromatic carbocycles. The molecule has 0 aliphatic carbocycles. The molecule has 0 amide bonds. The maximum absolute atomic E-state index is 12.9. The zero-order valence-electron chi connectivity index (χ0n) is 16.5. The van der Waals surface area contributed by atoms with Crippen LogP contribution in [-0.2, 0) is 10.0 Å². The van der Waals surface area contributed by atoms with E-state index in [-0.39, 0.29) is 6.04 Å². The summed E-state index contributed by atoms with van der Waals surface area (Å²) in [6, 6.07) is 16.6.